The number of hydrogen-bond acceptors (Lipinski definition) is 5. The van der Waals surface area contributed by atoms with Crippen molar-refractivity contribution in [1.29, 1.82) is 0 Å². The molecule has 1 aliphatic rings. The molecule has 1 aromatic heterocycles. The molecule has 2 rings (SSSR count). The van der Waals surface area contributed by atoms with Crippen LogP contribution >= 0.6 is 0 Å². The molecule has 1 heterocycles. The first-order valence-corrected chi connectivity index (χ1v) is 7.65. The third-order valence-corrected chi connectivity index (χ3v) is 3.66. The quantitative estimate of drug-likeness (QED) is 0.752. The molecule has 1 amide bonds. The van der Waals surface area contributed by atoms with Gasteiger partial charge in [-0.25, -0.2) is 9.97 Å². The molecule has 1 aromatic rings. The summed E-state index contributed by atoms with van der Waals surface area (Å²) < 4.78 is 4.97. The van der Waals surface area contributed by atoms with Crippen LogP contribution in [-0.4, -0.2) is 42.2 Å². The highest BCUT2D eigenvalue weighted by Gasteiger charge is 2.17. The van der Waals surface area contributed by atoms with Crippen LogP contribution in [0.15, 0.2) is 12.4 Å². The van der Waals surface area contributed by atoms with Gasteiger partial charge < -0.3 is 15.4 Å². The normalized spacial score (nSPS) is 15.7. The van der Waals surface area contributed by atoms with E-state index < -0.39 is 0 Å². The third kappa shape index (κ3) is 5.30. The summed E-state index contributed by atoms with van der Waals surface area (Å²) in [6.45, 7) is 1.48. The van der Waals surface area contributed by atoms with E-state index in [-0.39, 0.29) is 5.91 Å². The maximum atomic E-state index is 12.1. The van der Waals surface area contributed by atoms with Crippen LogP contribution in [0, 0.1) is 0 Å². The predicted octanol–water partition coefficient (Wildman–Crippen LogP) is 1.99. The van der Waals surface area contributed by atoms with Gasteiger partial charge in [-0.3, -0.25) is 4.79 Å². The fraction of sp³-hybridized carbons (Fsp3) is 0.667. The van der Waals surface area contributed by atoms with Crippen molar-refractivity contribution in [2.24, 2.45) is 0 Å². The number of nitrogens with zero attached hydrogens (tertiary/aromatic N) is 2. The molecule has 0 unspecified atom stereocenters. The Kier molecular flexibility index (Phi) is 6.40. The minimum atomic E-state index is -0.125. The van der Waals surface area contributed by atoms with Crippen molar-refractivity contribution in [3.63, 3.8) is 0 Å². The van der Waals surface area contributed by atoms with Crippen LogP contribution < -0.4 is 10.6 Å². The largest absolute Gasteiger partial charge is 0.385 e. The molecule has 0 radical (unpaired) electrons. The van der Waals surface area contributed by atoms with Crippen LogP contribution in [0.4, 0.5) is 5.82 Å². The summed E-state index contributed by atoms with van der Waals surface area (Å²) in [4.78, 5) is 20.5. The van der Waals surface area contributed by atoms with E-state index in [0.29, 0.717) is 24.2 Å². The van der Waals surface area contributed by atoms with E-state index >= 15 is 0 Å². The standard InChI is InChI=1S/C15H24N4O2/c1-21-9-5-8-16-14-11-17-13(10-18-14)15(20)19-12-6-3-2-4-7-12/h10-12H,2-9H2,1H3,(H,16,18)(H,19,20). The summed E-state index contributed by atoms with van der Waals surface area (Å²) >= 11 is 0. The highest BCUT2D eigenvalue weighted by molar-refractivity contribution is 5.92. The van der Waals surface area contributed by atoms with Crippen LogP contribution in [0.25, 0.3) is 0 Å². The summed E-state index contributed by atoms with van der Waals surface area (Å²) in [5.41, 5.74) is 0.378. The summed E-state index contributed by atoms with van der Waals surface area (Å²) in [7, 11) is 1.68. The molecule has 2 N–H and O–H groups in total. The van der Waals surface area contributed by atoms with Crippen LogP contribution in [0.3, 0.4) is 0 Å². The molecule has 1 saturated carbocycles. The highest BCUT2D eigenvalue weighted by Crippen LogP contribution is 2.17. The van der Waals surface area contributed by atoms with Gasteiger partial charge in [0.15, 0.2) is 0 Å². The maximum Gasteiger partial charge on any atom is 0.271 e. The minimum Gasteiger partial charge on any atom is -0.385 e. The van der Waals surface area contributed by atoms with Gasteiger partial charge in [0.05, 0.1) is 12.4 Å². The fourth-order valence-electron chi connectivity index (χ4n) is 2.48. The number of rotatable bonds is 7. The molecule has 0 spiro atoms. The average Bonchev–Trinajstić information content (AvgIpc) is 2.53. The first-order chi connectivity index (χ1) is 10.3. The van der Waals surface area contributed by atoms with E-state index in [4.69, 9.17) is 4.74 Å². The van der Waals surface area contributed by atoms with Gasteiger partial charge in [0.2, 0.25) is 0 Å². The molecule has 6 heteroatoms. The van der Waals surface area contributed by atoms with Gasteiger partial charge in [-0.2, -0.15) is 0 Å². The second-order valence-electron chi connectivity index (χ2n) is 5.37. The average molecular weight is 292 g/mol. The summed E-state index contributed by atoms with van der Waals surface area (Å²) in [5, 5.41) is 6.18. The number of nitrogens with one attached hydrogen (secondary N) is 2. The molecule has 21 heavy (non-hydrogen) atoms. The van der Waals surface area contributed by atoms with E-state index in [9.17, 15) is 4.79 Å². The second-order valence-corrected chi connectivity index (χ2v) is 5.37. The van der Waals surface area contributed by atoms with E-state index in [2.05, 4.69) is 20.6 Å². The molecule has 0 aromatic carbocycles. The van der Waals surface area contributed by atoms with Crippen LogP contribution in [-0.2, 0) is 4.74 Å². The zero-order valence-corrected chi connectivity index (χ0v) is 12.6. The van der Waals surface area contributed by atoms with E-state index in [1.807, 2.05) is 0 Å². The number of hydrogen-bond donors (Lipinski definition) is 2. The zero-order chi connectivity index (χ0) is 14.9. The minimum absolute atomic E-state index is 0.125. The molecule has 1 fully saturated rings. The zero-order valence-electron chi connectivity index (χ0n) is 12.6. The van der Waals surface area contributed by atoms with Crippen LogP contribution in [0.1, 0.15) is 49.0 Å². The first kappa shape index (κ1) is 15.7. The third-order valence-electron chi connectivity index (χ3n) is 3.66. The van der Waals surface area contributed by atoms with Crippen molar-refractivity contribution in [2.75, 3.05) is 25.6 Å². The smallest absolute Gasteiger partial charge is 0.271 e. The monoisotopic (exact) mass is 292 g/mol. The van der Waals surface area contributed by atoms with Gasteiger partial charge in [0.1, 0.15) is 11.5 Å². The molecule has 0 saturated heterocycles. The molecule has 1 aliphatic carbocycles. The SMILES string of the molecule is COCCCNc1cnc(C(=O)NC2CCCCC2)cn1. The number of carbonyl (C=O) groups excluding carboxylic acids is 1. The molecule has 0 atom stereocenters. The molecule has 0 aliphatic heterocycles. The lowest BCUT2D eigenvalue weighted by Crippen LogP contribution is -2.36. The Balaban J connectivity index is 1.78. The number of methoxy groups -OCH3 is 1. The number of anilines is 1. The lowest BCUT2D eigenvalue weighted by atomic mass is 9.95. The maximum absolute atomic E-state index is 12.1. The Labute approximate surface area is 125 Å². The summed E-state index contributed by atoms with van der Waals surface area (Å²) in [6.07, 6.45) is 9.83. The van der Waals surface area contributed by atoms with E-state index in [1.165, 1.54) is 25.5 Å². The van der Waals surface area contributed by atoms with E-state index in [1.54, 1.807) is 13.3 Å². The van der Waals surface area contributed by atoms with Crippen molar-refractivity contribution >= 4 is 11.7 Å². The lowest BCUT2D eigenvalue weighted by Gasteiger charge is -2.22. The van der Waals surface area contributed by atoms with Crippen molar-refractivity contribution in [2.45, 2.75) is 44.6 Å². The Morgan fingerprint density at radius 2 is 2.10 bits per heavy atom. The number of amides is 1. The highest BCUT2D eigenvalue weighted by atomic mass is 16.5. The Morgan fingerprint density at radius 3 is 2.76 bits per heavy atom. The van der Waals surface area contributed by atoms with Gasteiger partial charge >= 0.3 is 0 Å². The Hall–Kier alpha value is -1.69. The predicted molar refractivity (Wildman–Crippen MR) is 81.4 cm³/mol. The Bertz CT molecular complexity index is 430. The second kappa shape index (κ2) is 8.56. The molecule has 6 nitrogen and oxygen atoms in total. The van der Waals surface area contributed by atoms with Crippen molar-refractivity contribution in [3.8, 4) is 0 Å². The van der Waals surface area contributed by atoms with Gasteiger partial charge in [0.25, 0.3) is 5.91 Å². The molecular formula is C15H24N4O2. The van der Waals surface area contributed by atoms with E-state index in [0.717, 1.165) is 25.8 Å². The molecule has 116 valence electrons. The number of aromatic nitrogens is 2. The Morgan fingerprint density at radius 1 is 1.29 bits per heavy atom. The van der Waals surface area contributed by atoms with Crippen LogP contribution in [0.5, 0.6) is 0 Å². The van der Waals surface area contributed by atoms with Crippen molar-refractivity contribution in [3.05, 3.63) is 18.1 Å². The number of ether oxygens (including phenoxy) is 1. The molecule has 0 bridgehead atoms. The topological polar surface area (TPSA) is 76.1 Å². The van der Waals surface area contributed by atoms with Gasteiger partial charge in [-0.05, 0) is 19.3 Å². The summed E-state index contributed by atoms with van der Waals surface area (Å²) in [5.74, 6) is 0.556. The fourth-order valence-corrected chi connectivity index (χ4v) is 2.48. The molecular weight excluding hydrogens is 268 g/mol. The van der Waals surface area contributed by atoms with Gasteiger partial charge in [-0.1, -0.05) is 19.3 Å². The summed E-state index contributed by atoms with van der Waals surface area (Å²) in [6, 6.07) is 0.292. The van der Waals surface area contributed by atoms with Gasteiger partial charge in [0, 0.05) is 26.3 Å². The van der Waals surface area contributed by atoms with Gasteiger partial charge in [-0.15, -0.1) is 0 Å². The van der Waals surface area contributed by atoms with Crippen molar-refractivity contribution in [1.82, 2.24) is 15.3 Å². The van der Waals surface area contributed by atoms with Crippen LogP contribution in [0.2, 0.25) is 0 Å². The number of carbonyl (C=O) groups is 1. The lowest BCUT2D eigenvalue weighted by molar-refractivity contribution is 0.0922. The first-order valence-electron chi connectivity index (χ1n) is 7.65. The van der Waals surface area contributed by atoms with Crippen molar-refractivity contribution < 1.29 is 9.53 Å².